The average molecular weight is 243 g/mol. The third-order valence-electron chi connectivity index (χ3n) is 3.42. The summed E-state index contributed by atoms with van der Waals surface area (Å²) in [7, 11) is 0. The molecule has 0 saturated heterocycles. The number of hydrogen-bond donors (Lipinski definition) is 2. The molecule has 3 heteroatoms. The summed E-state index contributed by atoms with van der Waals surface area (Å²) in [6, 6.07) is 6.96. The van der Waals surface area contributed by atoms with E-state index < -0.39 is 0 Å². The highest BCUT2D eigenvalue weighted by atomic mass is 15.1. The van der Waals surface area contributed by atoms with Crippen molar-refractivity contribution in [2.75, 3.05) is 0 Å². The van der Waals surface area contributed by atoms with E-state index in [1.165, 1.54) is 22.3 Å². The number of benzene rings is 1. The van der Waals surface area contributed by atoms with Gasteiger partial charge in [-0.15, -0.1) is 0 Å². The van der Waals surface area contributed by atoms with E-state index in [1.807, 2.05) is 13.1 Å². The van der Waals surface area contributed by atoms with E-state index in [0.29, 0.717) is 6.04 Å². The molecular formula is C15H21N3. The molecule has 1 aromatic heterocycles. The molecule has 18 heavy (non-hydrogen) atoms. The first-order valence-corrected chi connectivity index (χ1v) is 6.37. The SMILES string of the molecule is Cc1ccc(C(C)NCc2cn[nH]c2C)c(C)c1. The monoisotopic (exact) mass is 243 g/mol. The quantitative estimate of drug-likeness (QED) is 0.866. The van der Waals surface area contributed by atoms with Crippen molar-refractivity contribution in [1.29, 1.82) is 0 Å². The van der Waals surface area contributed by atoms with Gasteiger partial charge in [0.1, 0.15) is 0 Å². The van der Waals surface area contributed by atoms with Gasteiger partial charge in [-0.05, 0) is 38.8 Å². The first kappa shape index (κ1) is 12.8. The number of nitrogens with one attached hydrogen (secondary N) is 2. The number of aromatic nitrogens is 2. The van der Waals surface area contributed by atoms with Crippen LogP contribution in [0.1, 0.15) is 40.9 Å². The zero-order valence-electron chi connectivity index (χ0n) is 11.5. The molecule has 0 bridgehead atoms. The topological polar surface area (TPSA) is 40.7 Å². The molecule has 1 heterocycles. The van der Waals surface area contributed by atoms with E-state index in [9.17, 15) is 0 Å². The van der Waals surface area contributed by atoms with E-state index >= 15 is 0 Å². The first-order chi connectivity index (χ1) is 8.58. The van der Waals surface area contributed by atoms with Crippen LogP contribution in [-0.4, -0.2) is 10.2 Å². The lowest BCUT2D eigenvalue weighted by atomic mass is 10.00. The summed E-state index contributed by atoms with van der Waals surface area (Å²) in [5.41, 5.74) is 6.39. The second kappa shape index (κ2) is 5.36. The molecule has 0 amide bonds. The van der Waals surface area contributed by atoms with E-state index in [-0.39, 0.29) is 0 Å². The van der Waals surface area contributed by atoms with Crippen molar-refractivity contribution in [3.8, 4) is 0 Å². The highest BCUT2D eigenvalue weighted by Gasteiger charge is 2.09. The van der Waals surface area contributed by atoms with E-state index in [2.05, 4.69) is 54.5 Å². The van der Waals surface area contributed by atoms with Crippen LogP contribution in [0.5, 0.6) is 0 Å². The fourth-order valence-corrected chi connectivity index (χ4v) is 2.24. The van der Waals surface area contributed by atoms with Gasteiger partial charge >= 0.3 is 0 Å². The lowest BCUT2D eigenvalue weighted by Gasteiger charge is -2.17. The summed E-state index contributed by atoms with van der Waals surface area (Å²) in [4.78, 5) is 0. The molecule has 3 nitrogen and oxygen atoms in total. The van der Waals surface area contributed by atoms with Crippen LogP contribution in [0, 0.1) is 20.8 Å². The van der Waals surface area contributed by atoms with Gasteiger partial charge in [0.25, 0.3) is 0 Å². The van der Waals surface area contributed by atoms with E-state index in [4.69, 9.17) is 0 Å². The van der Waals surface area contributed by atoms with Crippen LogP contribution < -0.4 is 5.32 Å². The molecule has 1 atom stereocenters. The molecule has 0 aliphatic carbocycles. The minimum Gasteiger partial charge on any atom is -0.306 e. The van der Waals surface area contributed by atoms with Crippen LogP contribution in [-0.2, 0) is 6.54 Å². The van der Waals surface area contributed by atoms with Crippen LogP contribution in [0.25, 0.3) is 0 Å². The van der Waals surface area contributed by atoms with Gasteiger partial charge in [-0.3, -0.25) is 5.10 Å². The largest absolute Gasteiger partial charge is 0.306 e. The summed E-state index contributed by atoms with van der Waals surface area (Å²) >= 11 is 0. The number of aryl methyl sites for hydroxylation is 3. The molecule has 1 unspecified atom stereocenters. The first-order valence-electron chi connectivity index (χ1n) is 6.37. The molecule has 0 radical (unpaired) electrons. The van der Waals surface area contributed by atoms with Crippen molar-refractivity contribution in [2.24, 2.45) is 0 Å². The standard InChI is InChI=1S/C15H21N3/c1-10-5-6-15(11(2)7-10)13(4)16-8-14-9-17-18-12(14)3/h5-7,9,13,16H,8H2,1-4H3,(H,17,18). The highest BCUT2D eigenvalue weighted by molar-refractivity contribution is 5.32. The summed E-state index contributed by atoms with van der Waals surface area (Å²) < 4.78 is 0. The number of aromatic amines is 1. The summed E-state index contributed by atoms with van der Waals surface area (Å²) in [6.45, 7) is 9.39. The second-order valence-corrected chi connectivity index (χ2v) is 4.98. The fourth-order valence-electron chi connectivity index (χ4n) is 2.24. The highest BCUT2D eigenvalue weighted by Crippen LogP contribution is 2.19. The third-order valence-corrected chi connectivity index (χ3v) is 3.42. The molecule has 2 rings (SSSR count). The Morgan fingerprint density at radius 3 is 2.67 bits per heavy atom. The van der Waals surface area contributed by atoms with E-state index in [1.54, 1.807) is 0 Å². The van der Waals surface area contributed by atoms with Crippen molar-refractivity contribution in [3.05, 3.63) is 52.3 Å². The number of H-pyrrole nitrogens is 1. The van der Waals surface area contributed by atoms with Crippen molar-refractivity contribution >= 4 is 0 Å². The molecule has 96 valence electrons. The minimum atomic E-state index is 0.347. The van der Waals surface area contributed by atoms with Crippen molar-refractivity contribution < 1.29 is 0 Å². The Kier molecular flexibility index (Phi) is 3.82. The van der Waals surface area contributed by atoms with Crippen LogP contribution in [0.2, 0.25) is 0 Å². The van der Waals surface area contributed by atoms with Gasteiger partial charge in [0.15, 0.2) is 0 Å². The lowest BCUT2D eigenvalue weighted by Crippen LogP contribution is -2.19. The fraction of sp³-hybridized carbons (Fsp3) is 0.400. The van der Waals surface area contributed by atoms with Gasteiger partial charge < -0.3 is 5.32 Å². The molecule has 0 spiro atoms. The third kappa shape index (κ3) is 2.79. The summed E-state index contributed by atoms with van der Waals surface area (Å²) in [6.07, 6.45) is 1.89. The molecular weight excluding hydrogens is 222 g/mol. The summed E-state index contributed by atoms with van der Waals surface area (Å²) in [5, 5.41) is 10.5. The van der Waals surface area contributed by atoms with Gasteiger partial charge in [0, 0.05) is 23.8 Å². The Morgan fingerprint density at radius 2 is 2.06 bits per heavy atom. The molecule has 0 fully saturated rings. The van der Waals surface area contributed by atoms with Gasteiger partial charge in [0.05, 0.1) is 6.20 Å². The van der Waals surface area contributed by atoms with Gasteiger partial charge in [-0.25, -0.2) is 0 Å². The zero-order chi connectivity index (χ0) is 13.1. The van der Waals surface area contributed by atoms with Crippen molar-refractivity contribution in [2.45, 2.75) is 40.3 Å². The Balaban J connectivity index is 2.03. The van der Waals surface area contributed by atoms with Crippen LogP contribution in [0.4, 0.5) is 0 Å². The number of rotatable bonds is 4. The number of nitrogens with zero attached hydrogens (tertiary/aromatic N) is 1. The molecule has 0 aliphatic heterocycles. The van der Waals surface area contributed by atoms with E-state index in [0.717, 1.165) is 12.2 Å². The molecule has 1 aromatic carbocycles. The molecule has 0 aliphatic rings. The Bertz CT molecular complexity index is 528. The minimum absolute atomic E-state index is 0.347. The van der Waals surface area contributed by atoms with Crippen molar-refractivity contribution in [1.82, 2.24) is 15.5 Å². The molecule has 0 saturated carbocycles. The van der Waals surface area contributed by atoms with Gasteiger partial charge in [0.2, 0.25) is 0 Å². The normalized spacial score (nSPS) is 12.7. The van der Waals surface area contributed by atoms with Crippen LogP contribution in [0.3, 0.4) is 0 Å². The van der Waals surface area contributed by atoms with Gasteiger partial charge in [-0.1, -0.05) is 23.8 Å². The maximum atomic E-state index is 4.04. The zero-order valence-corrected chi connectivity index (χ0v) is 11.5. The summed E-state index contributed by atoms with van der Waals surface area (Å²) in [5.74, 6) is 0. The predicted octanol–water partition coefficient (Wildman–Crippen LogP) is 3.19. The van der Waals surface area contributed by atoms with Gasteiger partial charge in [-0.2, -0.15) is 5.10 Å². The predicted molar refractivity (Wildman–Crippen MR) is 74.5 cm³/mol. The maximum absolute atomic E-state index is 4.04. The molecule has 2 aromatic rings. The smallest absolute Gasteiger partial charge is 0.0535 e. The van der Waals surface area contributed by atoms with Crippen LogP contribution in [0.15, 0.2) is 24.4 Å². The Labute approximate surface area is 109 Å². The van der Waals surface area contributed by atoms with Crippen LogP contribution >= 0.6 is 0 Å². The maximum Gasteiger partial charge on any atom is 0.0535 e. The average Bonchev–Trinajstić information content (AvgIpc) is 2.72. The van der Waals surface area contributed by atoms with Crippen molar-refractivity contribution in [3.63, 3.8) is 0 Å². The Morgan fingerprint density at radius 1 is 1.28 bits per heavy atom. The molecule has 2 N–H and O–H groups in total. The number of hydrogen-bond acceptors (Lipinski definition) is 2. The Hall–Kier alpha value is -1.61. The second-order valence-electron chi connectivity index (χ2n) is 4.98. The lowest BCUT2D eigenvalue weighted by molar-refractivity contribution is 0.571.